The first-order valence-electron chi connectivity index (χ1n) is 48.3. The van der Waals surface area contributed by atoms with E-state index in [0.29, 0.717) is 59.1 Å². The van der Waals surface area contributed by atoms with Crippen LogP contribution in [0, 0.1) is 40.5 Å². The van der Waals surface area contributed by atoms with Gasteiger partial charge in [-0.2, -0.15) is 4.98 Å². The molecule has 0 spiro atoms. The number of benzene rings is 3. The summed E-state index contributed by atoms with van der Waals surface area (Å²) in [5, 5.41) is 61.3. The van der Waals surface area contributed by atoms with Crippen LogP contribution in [0.4, 0.5) is 0 Å². The summed E-state index contributed by atoms with van der Waals surface area (Å²) in [6.07, 6.45) is -6.36. The van der Waals surface area contributed by atoms with Crippen molar-refractivity contribution >= 4 is 11.6 Å². The van der Waals surface area contributed by atoms with E-state index in [1.54, 1.807) is 95.0 Å². The zero-order valence-electron chi connectivity index (χ0n) is 87.1. The van der Waals surface area contributed by atoms with Gasteiger partial charge in [-0.05, 0) is 169 Å². The van der Waals surface area contributed by atoms with Crippen LogP contribution in [-0.2, 0) is 71.2 Å². The van der Waals surface area contributed by atoms with E-state index in [9.17, 15) is 73.8 Å². The first kappa shape index (κ1) is 119. The lowest BCUT2D eigenvalue weighted by molar-refractivity contribution is -0.130. The quantitative estimate of drug-likeness (QED) is 0.0154. The second-order valence-corrected chi connectivity index (χ2v) is 37.2. The predicted octanol–water partition coefficient (Wildman–Crippen LogP) is 6.76. The normalized spacial score (nSPS) is 26.4. The Morgan fingerprint density at radius 3 is 0.882 bits per heavy atom. The molecule has 5 aromatic heterocycles. The molecule has 802 valence electrons. The molecule has 0 saturated carbocycles. The monoisotopic (exact) mass is 2050 g/mol. The molecule has 0 aliphatic carbocycles. The van der Waals surface area contributed by atoms with Gasteiger partial charge in [0.05, 0.1) is 100 Å². The minimum absolute atomic E-state index is 0.187. The van der Waals surface area contributed by atoms with Gasteiger partial charge in [0.15, 0.2) is 37.2 Å². The molecule has 144 heavy (non-hydrogen) atoms. The number of methoxy groups -OCH3 is 7. The first-order valence-corrected chi connectivity index (χ1v) is 48.7. The van der Waals surface area contributed by atoms with Crippen molar-refractivity contribution in [2.24, 2.45) is 5.92 Å². The number of fused-ring (bicyclic) bond motifs is 3. The molecule has 10 N–H and O–H groups in total. The number of H-pyrrole nitrogens is 4. The Kier molecular flexibility index (Phi) is 45.4. The van der Waals surface area contributed by atoms with Crippen LogP contribution in [0.1, 0.15) is 205 Å². The van der Waals surface area contributed by atoms with E-state index in [0.717, 1.165) is 39.2 Å². The Hall–Kier alpha value is -9.85. The molecule has 29 atom stereocenters. The molecular weight excluding hydrogens is 1900 g/mol. The second-order valence-electron chi connectivity index (χ2n) is 36.7. The first-order chi connectivity index (χ1) is 68.1. The Bertz CT molecular complexity index is 5400. The largest absolute Gasteiger partial charge is 0.497 e. The predicted molar refractivity (Wildman–Crippen MR) is 532 cm³/mol. The van der Waals surface area contributed by atoms with Crippen molar-refractivity contribution in [1.82, 2.24) is 47.8 Å². The van der Waals surface area contributed by atoms with Crippen molar-refractivity contribution in [3.63, 3.8) is 0 Å². The fourth-order valence-electron chi connectivity index (χ4n) is 16.3. The Labute approximate surface area is 841 Å². The molecule has 42 nitrogen and oxygen atoms in total. The molecular formula is C101H149ClN10O32. The van der Waals surface area contributed by atoms with Gasteiger partial charge in [0.25, 0.3) is 27.8 Å². The molecule has 5 saturated heterocycles. The summed E-state index contributed by atoms with van der Waals surface area (Å²) in [5.74, 6) is 2.26. The second kappa shape index (κ2) is 54.7. The van der Waals surface area contributed by atoms with Crippen molar-refractivity contribution in [1.29, 1.82) is 0 Å². The SMILES string of the molecule is CC[C@H]1O[C@@H](n2cc(C)c(=O)[nH]c2=O)[C@@H](O[C@@H](C)[C@@H](C)OC)C1O.CC[C@H]1O[C@@H](n2cc(C)c(=O)[nH]c2=O)[C@@H](O[C@H](C)[C@H](C)OC)C1O.CC[C@H]1O[C@@H](n2cc(C)c(=O)[nH]c2=O)[C@@H](O[C@H](C)[C@H](C)OC)C1O.CC[C@H]1O[C@@H]2[C@H](Oc3nc(=O)c(C)cn32)C1O.CO[C@@H](C)C(C)C.CO[C@@H](C)[C@@H](C)O[C@H]1C(O)[C@@H](CO)O[C@H]1n1cc(C)c(=O)[nH]c1=O.COc1ccc(C(Cl)(c2ccccc2)c2ccc(OC)cc2)cc1. The van der Waals surface area contributed by atoms with Gasteiger partial charge in [-0.15, -0.1) is 11.6 Å². The molecule has 14 rings (SSSR count). The molecule has 0 amide bonds. The van der Waals surface area contributed by atoms with Crippen molar-refractivity contribution < 1.29 is 111 Å². The summed E-state index contributed by atoms with van der Waals surface area (Å²) in [6, 6.07) is 26.0. The lowest BCUT2D eigenvalue weighted by Crippen LogP contribution is -2.43. The number of hydrogen-bond acceptors (Lipinski definition) is 33. The molecule has 0 bridgehead atoms. The van der Waals surface area contributed by atoms with Crippen molar-refractivity contribution in [3.05, 3.63) is 248 Å². The summed E-state index contributed by atoms with van der Waals surface area (Å²) < 4.78 is 101. The summed E-state index contributed by atoms with van der Waals surface area (Å²) in [4.78, 5) is 118. The van der Waals surface area contributed by atoms with Gasteiger partial charge in [0.2, 0.25) is 0 Å². The topological polar surface area (TPSA) is 533 Å². The number of aromatic amines is 4. The maximum absolute atomic E-state index is 12.2. The van der Waals surface area contributed by atoms with Gasteiger partial charge < -0.3 is 111 Å². The summed E-state index contributed by atoms with van der Waals surface area (Å²) in [5.41, 5.74) is 0.383. The number of nitrogens with one attached hydrogen (secondary N) is 4. The van der Waals surface area contributed by atoms with Crippen LogP contribution in [0.2, 0.25) is 0 Å². The van der Waals surface area contributed by atoms with Crippen LogP contribution in [0.3, 0.4) is 0 Å². The van der Waals surface area contributed by atoms with Crippen LogP contribution < -0.4 is 64.8 Å². The van der Waals surface area contributed by atoms with Crippen LogP contribution in [0.25, 0.3) is 0 Å². The molecule has 3 aromatic carbocycles. The van der Waals surface area contributed by atoms with Crippen LogP contribution in [-0.4, -0.2) is 281 Å². The standard InChI is InChI=1S/C21H19ClO2.3C16H26N2O6.C15H24N2O7.C11H14N2O4.C6H14O/c1-23-19-12-8-17(9-13-19)21(22,16-6-4-3-5-7-16)18-10-14-20(24-2)15-11-18;3*1-6-11-12(19)13(23-10(4)9(3)22-5)15(24-11)18-7-8(2)14(20)17-16(18)21;1-7-5-17(15(21)16-13(7)20)14-12(11(19)10(6-18)24-14)23-9(3)8(2)22-4;1-3-6-7(14)8-10(16-6)13-4-5(2)9(15)12-11(13)17-8;1-5(2)6(3)7-4/h3-15H,1-2H3;3*7,9-13,15,19H,6H2,1-5H3,(H,17,20,21);5,8-12,14,18-19H,6H2,1-4H3,(H,16,20,21);4,6-8,10,14H,3H2,1-2H3;5-6H,1-4H3/t;2*9-,10+,11+,12?,13-,15+;9-,10+,11-,12?,13+,15-;8-,9+,10+,11?,12-,14+;6-,7?,8-,10-;6-/m.001010/s1. The highest BCUT2D eigenvalue weighted by Gasteiger charge is 2.53. The average Bonchev–Trinajstić information content (AvgIpc) is 1.61. The van der Waals surface area contributed by atoms with E-state index in [-0.39, 0.29) is 66.6 Å². The number of halogens is 1. The number of nitrogens with zero attached hydrogens (tertiary/aromatic N) is 6. The molecule has 11 heterocycles. The summed E-state index contributed by atoms with van der Waals surface area (Å²) in [6.45, 7) is 36.2. The highest BCUT2D eigenvalue weighted by Crippen LogP contribution is 2.46. The van der Waals surface area contributed by atoms with Gasteiger partial charge >= 0.3 is 28.8 Å². The summed E-state index contributed by atoms with van der Waals surface area (Å²) in [7, 11) is 11.3. The van der Waals surface area contributed by atoms with Crippen LogP contribution in [0.15, 0.2) is 153 Å². The van der Waals surface area contributed by atoms with E-state index in [4.69, 9.17) is 92.1 Å². The van der Waals surface area contributed by atoms with Gasteiger partial charge in [0, 0.05) is 94.4 Å². The third-order valence-electron chi connectivity index (χ3n) is 26.7. The number of aliphatic hydroxyl groups is 6. The van der Waals surface area contributed by atoms with Crippen LogP contribution in [0.5, 0.6) is 17.5 Å². The van der Waals surface area contributed by atoms with Crippen LogP contribution >= 0.6 is 11.6 Å². The molecule has 6 aliphatic rings. The Balaban J connectivity index is 0.000000209. The number of aromatic nitrogens is 10. The van der Waals surface area contributed by atoms with Gasteiger partial charge in [-0.3, -0.25) is 66.7 Å². The smallest absolute Gasteiger partial charge is 0.330 e. The maximum Gasteiger partial charge on any atom is 0.330 e. The van der Waals surface area contributed by atoms with Crippen molar-refractivity contribution in [3.8, 4) is 17.5 Å². The Morgan fingerprint density at radius 1 is 0.354 bits per heavy atom. The van der Waals surface area contributed by atoms with E-state index < -0.39 is 173 Å². The fourth-order valence-corrected chi connectivity index (χ4v) is 16.6. The number of alkyl halides is 1. The molecule has 6 aliphatic heterocycles. The molecule has 8 aromatic rings. The number of hydrogen-bond donors (Lipinski definition) is 10. The molecule has 43 heteroatoms. The minimum atomic E-state index is -1.13. The lowest BCUT2D eigenvalue weighted by atomic mass is 9.84. The molecule has 5 fully saturated rings. The van der Waals surface area contributed by atoms with Gasteiger partial charge in [-0.1, -0.05) is 96.1 Å². The maximum atomic E-state index is 12.2. The van der Waals surface area contributed by atoms with E-state index >= 15 is 0 Å². The minimum Gasteiger partial charge on any atom is -0.497 e. The van der Waals surface area contributed by atoms with E-state index in [2.05, 4.69) is 45.7 Å². The highest BCUT2D eigenvalue weighted by atomic mass is 35.5. The van der Waals surface area contributed by atoms with Gasteiger partial charge in [0.1, 0.15) is 77.4 Å². The number of ether oxygens (including phenoxy) is 17. The van der Waals surface area contributed by atoms with Crippen molar-refractivity contribution in [2.45, 2.75) is 347 Å². The third kappa shape index (κ3) is 29.0. The number of aliphatic hydroxyl groups excluding tert-OH is 6. The van der Waals surface area contributed by atoms with Gasteiger partial charge in [-0.25, -0.2) is 19.2 Å². The molecule has 0 radical (unpaired) electrons. The molecule has 5 unspecified atom stereocenters. The third-order valence-corrected chi connectivity index (χ3v) is 27.4. The fraction of sp³-hybridized carbons (Fsp3) is 0.624. The number of rotatable bonds is 32. The number of aryl methyl sites for hydroxylation is 5. The highest BCUT2D eigenvalue weighted by molar-refractivity contribution is 6.28. The average molecular weight is 2050 g/mol. The van der Waals surface area contributed by atoms with E-state index in [1.807, 2.05) is 155 Å². The summed E-state index contributed by atoms with van der Waals surface area (Å²) >= 11 is 7.22. The lowest BCUT2D eigenvalue weighted by Gasteiger charge is -2.29. The zero-order chi connectivity index (χ0) is 107. The van der Waals surface area contributed by atoms with Crippen molar-refractivity contribution in [2.75, 3.05) is 56.4 Å². The zero-order valence-corrected chi connectivity index (χ0v) is 87.9. The van der Waals surface area contributed by atoms with E-state index in [1.165, 1.54) is 45.6 Å². The Morgan fingerprint density at radius 2 is 0.618 bits per heavy atom.